The van der Waals surface area contributed by atoms with Crippen LogP contribution in [0.1, 0.15) is 42.4 Å². The van der Waals surface area contributed by atoms with Gasteiger partial charge < -0.3 is 5.32 Å². The molecule has 0 spiro atoms. The molecule has 0 fully saturated rings. The Hall–Kier alpha value is -2.82. The van der Waals surface area contributed by atoms with Gasteiger partial charge in [0.15, 0.2) is 5.82 Å². The number of hydrogen-bond donors (Lipinski definition) is 2. The third-order valence-electron chi connectivity index (χ3n) is 5.50. The molecule has 35 heavy (non-hydrogen) atoms. The van der Waals surface area contributed by atoms with Gasteiger partial charge in [-0.15, -0.1) is 5.10 Å². The van der Waals surface area contributed by atoms with Crippen molar-refractivity contribution >= 4 is 35.4 Å². The molecule has 2 aromatic carbocycles. The maximum absolute atomic E-state index is 13.3. The predicted octanol–water partition coefficient (Wildman–Crippen LogP) is 4.96. The van der Waals surface area contributed by atoms with E-state index in [9.17, 15) is 13.2 Å². The summed E-state index contributed by atoms with van der Waals surface area (Å²) in [6, 6.07) is 15.5. The van der Waals surface area contributed by atoms with Crippen LogP contribution >= 0.6 is 0 Å². The van der Waals surface area contributed by atoms with Gasteiger partial charge >= 0.3 is 35.7 Å². The number of aromatic nitrogens is 6. The van der Waals surface area contributed by atoms with Crippen LogP contribution in [0.2, 0.25) is 0 Å². The summed E-state index contributed by atoms with van der Waals surface area (Å²) in [6.45, 7) is 3.97. The minimum absolute atomic E-state index is 0. The fraction of sp³-hybridized carbons (Fsp3) is 0.292. The van der Waals surface area contributed by atoms with Crippen molar-refractivity contribution in [3.8, 4) is 22.5 Å². The zero-order valence-corrected chi connectivity index (χ0v) is 18.8. The van der Waals surface area contributed by atoms with Crippen LogP contribution in [0.4, 0.5) is 19.0 Å². The summed E-state index contributed by atoms with van der Waals surface area (Å²) in [5.74, 6) is -0.317. The van der Waals surface area contributed by atoms with Crippen molar-refractivity contribution in [1.29, 1.82) is 0 Å². The summed E-state index contributed by atoms with van der Waals surface area (Å²) >= 11 is 0. The molecule has 0 saturated heterocycles. The Morgan fingerprint density at radius 1 is 0.971 bits per heavy atom. The molecule has 0 saturated carbocycles. The summed E-state index contributed by atoms with van der Waals surface area (Å²) in [5.41, 5.74) is 4.79. The van der Waals surface area contributed by atoms with Crippen LogP contribution in [0, 0.1) is 6.92 Å². The van der Waals surface area contributed by atoms with E-state index in [2.05, 4.69) is 35.9 Å². The number of benzene rings is 2. The fourth-order valence-corrected chi connectivity index (χ4v) is 3.72. The van der Waals surface area contributed by atoms with Gasteiger partial charge in [0, 0.05) is 23.4 Å². The van der Waals surface area contributed by atoms with E-state index in [1.807, 2.05) is 55.5 Å². The van der Waals surface area contributed by atoms with Gasteiger partial charge in [0.05, 0.1) is 0 Å². The van der Waals surface area contributed by atoms with E-state index in [0.29, 0.717) is 24.5 Å². The molecular formula is C24H25F3N7Na. The summed E-state index contributed by atoms with van der Waals surface area (Å²) < 4.78 is 39.8. The maximum atomic E-state index is 13.3. The zero-order valence-electron chi connectivity index (χ0n) is 18.8. The number of halogens is 3. The molecular weight excluding hydrogens is 466 g/mol. The molecule has 2 heterocycles. The number of rotatable bonds is 8. The Balaban J connectivity index is 0.00000342. The Labute approximate surface area is 223 Å². The quantitative estimate of drug-likeness (QED) is 0.339. The molecule has 2 N–H and O–H groups in total. The number of unbranched alkanes of at least 4 members (excludes halogenated alkanes) is 1. The molecule has 0 unspecified atom stereocenters. The normalized spacial score (nSPS) is 11.2. The third kappa shape index (κ3) is 6.45. The van der Waals surface area contributed by atoms with Gasteiger partial charge in [-0.05, 0) is 46.9 Å². The number of tetrazole rings is 1. The molecule has 0 atom stereocenters. The molecule has 0 bridgehead atoms. The van der Waals surface area contributed by atoms with Gasteiger partial charge in [-0.1, -0.05) is 61.9 Å². The van der Waals surface area contributed by atoms with E-state index in [4.69, 9.17) is 0 Å². The van der Waals surface area contributed by atoms with Gasteiger partial charge in [-0.3, -0.25) is 0 Å². The number of aryl methyl sites for hydroxylation is 1. The molecule has 0 aliphatic heterocycles. The first-order valence-corrected chi connectivity index (χ1v) is 11.0. The number of nitrogens with one attached hydrogen (secondary N) is 2. The van der Waals surface area contributed by atoms with E-state index in [-0.39, 0.29) is 35.4 Å². The Morgan fingerprint density at radius 3 is 2.31 bits per heavy atom. The molecule has 178 valence electrons. The molecule has 7 nitrogen and oxygen atoms in total. The second kappa shape index (κ2) is 11.7. The summed E-state index contributed by atoms with van der Waals surface area (Å²) in [5, 5.41) is 17.2. The van der Waals surface area contributed by atoms with E-state index in [1.54, 1.807) is 6.92 Å². The van der Waals surface area contributed by atoms with Crippen molar-refractivity contribution < 1.29 is 13.2 Å². The average molecular weight is 491 g/mol. The van der Waals surface area contributed by atoms with E-state index < -0.39 is 12.0 Å². The van der Waals surface area contributed by atoms with Crippen LogP contribution < -0.4 is 5.32 Å². The van der Waals surface area contributed by atoms with Crippen LogP contribution in [0.15, 0.2) is 48.5 Å². The number of aromatic amines is 1. The minimum atomic E-state index is -4.60. The third-order valence-corrected chi connectivity index (χ3v) is 5.50. The number of nitrogens with zero attached hydrogens (tertiary/aromatic N) is 5. The number of hydrogen-bond acceptors (Lipinski definition) is 6. The molecule has 4 aromatic rings. The van der Waals surface area contributed by atoms with E-state index in [1.165, 1.54) is 0 Å². The predicted molar refractivity (Wildman–Crippen MR) is 130 cm³/mol. The zero-order chi connectivity index (χ0) is 24.1. The molecule has 11 heteroatoms. The van der Waals surface area contributed by atoms with Crippen LogP contribution in [0.5, 0.6) is 0 Å². The first-order valence-electron chi connectivity index (χ1n) is 11.0. The molecule has 0 aliphatic carbocycles. The first-order chi connectivity index (χ1) is 16.4. The second-order valence-corrected chi connectivity index (χ2v) is 7.91. The molecule has 0 radical (unpaired) electrons. The summed E-state index contributed by atoms with van der Waals surface area (Å²) in [6.07, 6.45) is -2.21. The van der Waals surface area contributed by atoms with Crippen LogP contribution in [-0.2, 0) is 19.1 Å². The van der Waals surface area contributed by atoms with Crippen molar-refractivity contribution in [3.05, 3.63) is 71.2 Å². The van der Waals surface area contributed by atoms with Crippen molar-refractivity contribution in [2.75, 3.05) is 5.32 Å². The number of anilines is 1. The molecule has 0 aliphatic rings. The molecule has 0 amide bonds. The summed E-state index contributed by atoms with van der Waals surface area (Å²) in [7, 11) is 0. The van der Waals surface area contributed by atoms with Crippen LogP contribution in [0.3, 0.4) is 0 Å². The number of H-pyrrole nitrogens is 1. The van der Waals surface area contributed by atoms with Crippen molar-refractivity contribution in [3.63, 3.8) is 0 Å². The topological polar surface area (TPSA) is 92.3 Å². The van der Waals surface area contributed by atoms with Crippen molar-refractivity contribution in [2.24, 2.45) is 0 Å². The summed E-state index contributed by atoms with van der Waals surface area (Å²) in [4.78, 5) is 7.50. The van der Waals surface area contributed by atoms with Gasteiger partial charge in [0.25, 0.3) is 0 Å². The fourth-order valence-electron chi connectivity index (χ4n) is 3.72. The van der Waals surface area contributed by atoms with Gasteiger partial charge in [0.1, 0.15) is 5.82 Å². The Morgan fingerprint density at radius 2 is 1.69 bits per heavy atom. The first kappa shape index (κ1) is 26.8. The van der Waals surface area contributed by atoms with Gasteiger partial charge in [0.2, 0.25) is 5.82 Å². The molecule has 4 rings (SSSR count). The Kier molecular flexibility index (Phi) is 8.98. The molecule has 2 aromatic heterocycles. The van der Waals surface area contributed by atoms with E-state index in [0.717, 1.165) is 40.7 Å². The number of alkyl halides is 3. The van der Waals surface area contributed by atoms with Crippen molar-refractivity contribution in [1.82, 2.24) is 30.6 Å². The van der Waals surface area contributed by atoms with Crippen molar-refractivity contribution in [2.45, 2.75) is 45.8 Å². The SMILES string of the molecule is CCCCc1c(C)nc(C(F)(F)F)nc1NCc1ccc(-c2ccccc2-c2nnn[nH]2)cc1.[NaH]. The Bertz CT molecular complexity index is 1240. The van der Waals surface area contributed by atoms with E-state index >= 15 is 0 Å². The average Bonchev–Trinajstić information content (AvgIpc) is 3.36. The standard InChI is InChI=1S/C24H24F3N7.Na.H/c1-3-4-7-18-15(2)29-23(24(25,26)27)30-21(18)28-14-16-10-12-17(13-11-16)19-8-5-6-9-20(19)22-31-33-34-32-22;;/h5-6,8-13H,3-4,7,14H2,1-2H3,(H,28,29,30)(H,31,32,33,34);;. The van der Waals surface area contributed by atoms with Crippen LogP contribution in [-0.4, -0.2) is 60.1 Å². The monoisotopic (exact) mass is 491 g/mol. The van der Waals surface area contributed by atoms with Gasteiger partial charge in [-0.2, -0.15) is 13.2 Å². The second-order valence-electron chi connectivity index (χ2n) is 7.91. The van der Waals surface area contributed by atoms with Crippen LogP contribution in [0.25, 0.3) is 22.5 Å². The van der Waals surface area contributed by atoms with Gasteiger partial charge in [-0.25, -0.2) is 15.1 Å².